The maximum atomic E-state index is 11.5. The lowest BCUT2D eigenvalue weighted by molar-refractivity contribution is 0.424. The van der Waals surface area contributed by atoms with Gasteiger partial charge in [0.1, 0.15) is 0 Å². The third kappa shape index (κ3) is 8.55. The van der Waals surface area contributed by atoms with Crippen LogP contribution in [0.4, 0.5) is 0 Å². The third-order valence-electron chi connectivity index (χ3n) is 4.48. The Labute approximate surface area is 142 Å². The first-order valence-corrected chi connectivity index (χ1v) is 10.7. The van der Waals surface area contributed by atoms with Crippen LogP contribution in [0.2, 0.25) is 0 Å². The highest BCUT2D eigenvalue weighted by atomic mass is 32.2. The Hall–Kier alpha value is -0.820. The zero-order valence-corrected chi connectivity index (χ0v) is 15.8. The molecule has 23 heavy (non-hydrogen) atoms. The monoisotopic (exact) mass is 346 g/mol. The average Bonchev–Trinajstić information content (AvgIpc) is 3.01. The van der Waals surface area contributed by atoms with Crippen LogP contribution in [0, 0.1) is 5.92 Å². The quantitative estimate of drug-likeness (QED) is 0.359. The first-order chi connectivity index (χ1) is 11.0. The Balaban J connectivity index is 2.11. The number of hydrogen-bond donors (Lipinski definition) is 2. The molecule has 2 N–H and O–H groups in total. The van der Waals surface area contributed by atoms with Gasteiger partial charge in [-0.05, 0) is 25.2 Å². The molecule has 0 saturated heterocycles. The largest absolute Gasteiger partial charge is 0.356 e. The van der Waals surface area contributed by atoms with Crippen LogP contribution >= 0.6 is 0 Å². The second-order valence-electron chi connectivity index (χ2n) is 6.33. The van der Waals surface area contributed by atoms with E-state index in [0.29, 0.717) is 19.6 Å². The molecule has 1 fully saturated rings. The van der Waals surface area contributed by atoms with E-state index in [9.17, 15) is 8.42 Å². The molecule has 7 heteroatoms. The topological polar surface area (TPSA) is 73.8 Å². The summed E-state index contributed by atoms with van der Waals surface area (Å²) in [5.74, 6) is 1.74. The first kappa shape index (κ1) is 20.2. The SMILES string of the molecule is CCN(CCCNC(=NC)NCCCC1CCCC1)S(C)(=O)=O. The molecule has 0 aromatic carbocycles. The summed E-state index contributed by atoms with van der Waals surface area (Å²) >= 11 is 0. The van der Waals surface area contributed by atoms with Crippen molar-refractivity contribution in [3.8, 4) is 0 Å². The van der Waals surface area contributed by atoms with Crippen LogP contribution in [0.25, 0.3) is 0 Å². The van der Waals surface area contributed by atoms with Crippen molar-refractivity contribution < 1.29 is 8.42 Å². The molecule has 0 bridgehead atoms. The second-order valence-corrected chi connectivity index (χ2v) is 8.31. The van der Waals surface area contributed by atoms with Gasteiger partial charge in [-0.3, -0.25) is 4.99 Å². The van der Waals surface area contributed by atoms with E-state index in [-0.39, 0.29) is 0 Å². The van der Waals surface area contributed by atoms with Crippen molar-refractivity contribution in [2.75, 3.05) is 39.5 Å². The molecule has 0 aliphatic heterocycles. The van der Waals surface area contributed by atoms with Crippen molar-refractivity contribution in [2.45, 2.75) is 51.9 Å². The van der Waals surface area contributed by atoms with Crippen LogP contribution in [0.15, 0.2) is 4.99 Å². The summed E-state index contributed by atoms with van der Waals surface area (Å²) in [5, 5.41) is 6.58. The van der Waals surface area contributed by atoms with Gasteiger partial charge < -0.3 is 10.6 Å². The minimum absolute atomic E-state index is 0.521. The van der Waals surface area contributed by atoms with Gasteiger partial charge in [-0.2, -0.15) is 0 Å². The van der Waals surface area contributed by atoms with Crippen molar-refractivity contribution in [2.24, 2.45) is 10.9 Å². The van der Waals surface area contributed by atoms with Gasteiger partial charge in [0.05, 0.1) is 6.26 Å². The number of sulfonamides is 1. The fourth-order valence-corrected chi connectivity index (χ4v) is 4.07. The number of guanidine groups is 1. The van der Waals surface area contributed by atoms with Gasteiger partial charge in [-0.25, -0.2) is 12.7 Å². The zero-order chi connectivity index (χ0) is 17.1. The summed E-state index contributed by atoms with van der Waals surface area (Å²) in [6, 6.07) is 0. The van der Waals surface area contributed by atoms with Gasteiger partial charge >= 0.3 is 0 Å². The standard InChI is InChI=1S/C16H34N4O2S/c1-4-20(23(3,21)22)14-8-13-19-16(17-2)18-12-7-11-15-9-5-6-10-15/h15H,4-14H2,1-3H3,(H2,17,18,19). The van der Waals surface area contributed by atoms with E-state index >= 15 is 0 Å². The molecule has 1 saturated carbocycles. The average molecular weight is 347 g/mol. The summed E-state index contributed by atoms with van der Waals surface area (Å²) in [5.41, 5.74) is 0. The molecular weight excluding hydrogens is 312 g/mol. The van der Waals surface area contributed by atoms with Gasteiger partial charge in [-0.1, -0.05) is 32.6 Å². The molecule has 1 rings (SSSR count). The van der Waals surface area contributed by atoms with E-state index in [1.807, 2.05) is 6.92 Å². The van der Waals surface area contributed by atoms with Crippen LogP contribution in [0.1, 0.15) is 51.9 Å². The molecule has 1 aliphatic carbocycles. The molecular formula is C16H34N4O2S. The third-order valence-corrected chi connectivity index (χ3v) is 5.86. The minimum atomic E-state index is -3.09. The van der Waals surface area contributed by atoms with E-state index in [1.165, 1.54) is 49.1 Å². The predicted octanol–water partition coefficient (Wildman–Crippen LogP) is 1.79. The van der Waals surface area contributed by atoms with Crippen LogP contribution in [-0.4, -0.2) is 58.2 Å². The van der Waals surface area contributed by atoms with E-state index in [0.717, 1.165) is 24.8 Å². The summed E-state index contributed by atoms with van der Waals surface area (Å²) in [4.78, 5) is 4.21. The van der Waals surface area contributed by atoms with Gasteiger partial charge in [0, 0.05) is 33.2 Å². The number of nitrogens with zero attached hydrogens (tertiary/aromatic N) is 2. The number of aliphatic imine (C=N–C) groups is 1. The summed E-state index contributed by atoms with van der Waals surface area (Å²) in [6.07, 6.45) is 10.1. The lowest BCUT2D eigenvalue weighted by Crippen LogP contribution is -2.39. The summed E-state index contributed by atoms with van der Waals surface area (Å²) in [6.45, 7) is 4.59. The number of nitrogens with one attached hydrogen (secondary N) is 2. The van der Waals surface area contributed by atoms with E-state index in [4.69, 9.17) is 0 Å². The Morgan fingerprint density at radius 2 is 1.78 bits per heavy atom. The van der Waals surface area contributed by atoms with Gasteiger partial charge in [0.15, 0.2) is 5.96 Å². The molecule has 0 amide bonds. The Morgan fingerprint density at radius 1 is 1.17 bits per heavy atom. The highest BCUT2D eigenvalue weighted by molar-refractivity contribution is 7.88. The zero-order valence-electron chi connectivity index (χ0n) is 15.0. The van der Waals surface area contributed by atoms with E-state index < -0.39 is 10.0 Å². The maximum Gasteiger partial charge on any atom is 0.211 e. The fraction of sp³-hybridized carbons (Fsp3) is 0.938. The molecule has 0 radical (unpaired) electrons. The molecule has 0 aromatic rings. The van der Waals surface area contributed by atoms with Crippen LogP contribution < -0.4 is 10.6 Å². The molecule has 0 aromatic heterocycles. The van der Waals surface area contributed by atoms with E-state index in [1.54, 1.807) is 7.05 Å². The molecule has 0 atom stereocenters. The molecule has 0 spiro atoms. The fourth-order valence-electron chi connectivity index (χ4n) is 3.14. The van der Waals surface area contributed by atoms with Crippen molar-refractivity contribution in [3.05, 3.63) is 0 Å². The second kappa shape index (κ2) is 10.9. The molecule has 0 heterocycles. The van der Waals surface area contributed by atoms with Gasteiger partial charge in [0.25, 0.3) is 0 Å². The van der Waals surface area contributed by atoms with Crippen molar-refractivity contribution in [3.63, 3.8) is 0 Å². The highest BCUT2D eigenvalue weighted by Gasteiger charge is 2.14. The van der Waals surface area contributed by atoms with Gasteiger partial charge in [0.2, 0.25) is 10.0 Å². The Morgan fingerprint density at radius 3 is 2.30 bits per heavy atom. The normalized spacial score (nSPS) is 17.0. The summed E-state index contributed by atoms with van der Waals surface area (Å²) < 4.78 is 24.5. The number of rotatable bonds is 10. The van der Waals surface area contributed by atoms with Gasteiger partial charge in [-0.15, -0.1) is 0 Å². The molecule has 136 valence electrons. The lowest BCUT2D eigenvalue weighted by atomic mass is 10.0. The van der Waals surface area contributed by atoms with Crippen LogP contribution in [0.3, 0.4) is 0 Å². The highest BCUT2D eigenvalue weighted by Crippen LogP contribution is 2.28. The molecule has 1 aliphatic rings. The lowest BCUT2D eigenvalue weighted by Gasteiger charge is -2.18. The van der Waals surface area contributed by atoms with E-state index in [2.05, 4.69) is 15.6 Å². The van der Waals surface area contributed by atoms with Crippen molar-refractivity contribution in [1.82, 2.24) is 14.9 Å². The first-order valence-electron chi connectivity index (χ1n) is 8.87. The predicted molar refractivity (Wildman–Crippen MR) is 97.3 cm³/mol. The van der Waals surface area contributed by atoms with Crippen molar-refractivity contribution in [1.29, 1.82) is 0 Å². The molecule has 6 nitrogen and oxygen atoms in total. The Bertz CT molecular complexity index is 445. The smallest absolute Gasteiger partial charge is 0.211 e. The van der Waals surface area contributed by atoms with Crippen LogP contribution in [-0.2, 0) is 10.0 Å². The summed E-state index contributed by atoms with van der Waals surface area (Å²) in [7, 11) is -1.32. The maximum absolute atomic E-state index is 11.5. The minimum Gasteiger partial charge on any atom is -0.356 e. The van der Waals surface area contributed by atoms with Crippen LogP contribution in [0.5, 0.6) is 0 Å². The molecule has 0 unspecified atom stereocenters. The Kier molecular flexibility index (Phi) is 9.55. The number of hydrogen-bond acceptors (Lipinski definition) is 3. The van der Waals surface area contributed by atoms with Crippen molar-refractivity contribution >= 4 is 16.0 Å².